The molecule has 6 heteroatoms. The minimum absolute atomic E-state index is 0. The number of hydrogen-bond acceptors (Lipinski definition) is 3. The van der Waals surface area contributed by atoms with Gasteiger partial charge in [0.2, 0.25) is 0 Å². The largest absolute Gasteiger partial charge is 0.487 e. The molecule has 1 N–H and O–H groups in total. The lowest BCUT2D eigenvalue weighted by Crippen LogP contribution is -2.18. The molecule has 3 atom stereocenters. The molecular weight excluding hydrogens is 250 g/mol. The molecule has 1 aliphatic carbocycles. The van der Waals surface area contributed by atoms with Crippen LogP contribution in [-0.2, 0) is 0 Å². The molecule has 1 aliphatic heterocycles. The number of piperidine rings is 1. The zero-order valence-corrected chi connectivity index (χ0v) is 9.84. The first-order valence-electron chi connectivity index (χ1n) is 5.40. The molecule has 17 heavy (non-hydrogen) atoms. The van der Waals surface area contributed by atoms with Crippen molar-refractivity contribution >= 4 is 12.4 Å². The third kappa shape index (κ3) is 2.21. The zero-order chi connectivity index (χ0) is 11.1. The first-order chi connectivity index (χ1) is 7.77. The van der Waals surface area contributed by atoms with Gasteiger partial charge in [-0.15, -0.1) is 12.4 Å². The molecule has 0 radical (unpaired) electrons. The summed E-state index contributed by atoms with van der Waals surface area (Å²) in [5.74, 6) is -0.0464. The Morgan fingerprint density at radius 2 is 1.82 bits per heavy atom. The number of aromatic nitrogens is 1. The summed E-state index contributed by atoms with van der Waals surface area (Å²) in [6.45, 7) is 2.40. The minimum atomic E-state index is -0.732. The van der Waals surface area contributed by atoms with Crippen molar-refractivity contribution < 1.29 is 13.5 Å². The van der Waals surface area contributed by atoms with E-state index in [1.165, 1.54) is 0 Å². The molecule has 0 amide bonds. The predicted octanol–water partition coefficient (Wildman–Crippen LogP) is 1.63. The van der Waals surface area contributed by atoms with Crippen LogP contribution in [0.5, 0.6) is 5.75 Å². The molecule has 2 fully saturated rings. The van der Waals surface area contributed by atoms with Crippen LogP contribution >= 0.6 is 12.4 Å². The normalized spacial score (nSPS) is 29.4. The van der Waals surface area contributed by atoms with Gasteiger partial charge in [0.15, 0.2) is 17.4 Å². The Balaban J connectivity index is 0.00000108. The lowest BCUT2D eigenvalue weighted by molar-refractivity contribution is 0.254. The maximum Gasteiger partial charge on any atom is 0.193 e. The van der Waals surface area contributed by atoms with Crippen molar-refractivity contribution in [3.05, 3.63) is 24.0 Å². The van der Waals surface area contributed by atoms with Crippen LogP contribution in [0.2, 0.25) is 0 Å². The van der Waals surface area contributed by atoms with Crippen LogP contribution in [0, 0.1) is 29.4 Å². The lowest BCUT2D eigenvalue weighted by atomic mass is 10.3. The molecule has 0 spiro atoms. The number of fused-ring (bicyclic) bond motifs is 1. The lowest BCUT2D eigenvalue weighted by Gasteiger charge is -2.09. The molecule has 0 aromatic carbocycles. The molecule has 3 nitrogen and oxygen atoms in total. The van der Waals surface area contributed by atoms with Crippen molar-refractivity contribution in [1.82, 2.24) is 10.3 Å². The van der Waals surface area contributed by atoms with Crippen LogP contribution < -0.4 is 10.1 Å². The van der Waals surface area contributed by atoms with E-state index in [4.69, 9.17) is 4.74 Å². The fraction of sp³-hybridized carbons (Fsp3) is 0.545. The summed E-state index contributed by atoms with van der Waals surface area (Å²) in [5.41, 5.74) is 0. The molecule has 1 unspecified atom stereocenters. The molecule has 94 valence electrons. The molecule has 3 rings (SSSR count). The van der Waals surface area contributed by atoms with Gasteiger partial charge in [0.1, 0.15) is 0 Å². The Morgan fingerprint density at radius 3 is 2.41 bits per heavy atom. The highest BCUT2D eigenvalue weighted by molar-refractivity contribution is 5.85. The van der Waals surface area contributed by atoms with Crippen LogP contribution in [0.15, 0.2) is 12.4 Å². The third-order valence-electron chi connectivity index (χ3n) is 3.50. The molecule has 1 saturated heterocycles. The Hall–Kier alpha value is -0.940. The number of pyridine rings is 1. The minimum Gasteiger partial charge on any atom is -0.487 e. The second-order valence-corrected chi connectivity index (χ2v) is 4.39. The number of nitrogens with zero attached hydrogens (tertiary/aromatic N) is 1. The van der Waals surface area contributed by atoms with E-state index < -0.39 is 11.6 Å². The highest BCUT2D eigenvalue weighted by Crippen LogP contribution is 2.48. The molecular formula is C11H13ClF2N2O. The highest BCUT2D eigenvalue weighted by Gasteiger charge is 2.53. The van der Waals surface area contributed by atoms with E-state index in [0.717, 1.165) is 25.5 Å². The summed E-state index contributed by atoms with van der Waals surface area (Å²) in [4.78, 5) is 3.40. The fourth-order valence-corrected chi connectivity index (χ4v) is 2.51. The first-order valence-corrected chi connectivity index (χ1v) is 5.40. The van der Waals surface area contributed by atoms with Crippen LogP contribution in [0.1, 0.15) is 0 Å². The Labute approximate surface area is 104 Å². The summed E-state index contributed by atoms with van der Waals surface area (Å²) in [6.07, 6.45) is 1.93. The van der Waals surface area contributed by atoms with Crippen molar-refractivity contribution in [3.63, 3.8) is 0 Å². The molecule has 2 heterocycles. The summed E-state index contributed by atoms with van der Waals surface area (Å²) in [6, 6.07) is 0. The standard InChI is InChI=1S/C11H12F2N2O.ClH/c12-9-3-15-4-10(13)11(9)16-5-8-6-1-14-2-7(6)8;/h3-4,6-8,14H,1-2,5H2;1H/t6-,7+,8?;. The number of ether oxygens (including phenoxy) is 1. The summed E-state index contributed by atoms with van der Waals surface area (Å²) < 4.78 is 31.6. The average molecular weight is 263 g/mol. The number of halogens is 3. The molecule has 1 aromatic heterocycles. The second-order valence-electron chi connectivity index (χ2n) is 4.39. The van der Waals surface area contributed by atoms with Gasteiger partial charge >= 0.3 is 0 Å². The van der Waals surface area contributed by atoms with E-state index in [0.29, 0.717) is 24.4 Å². The van der Waals surface area contributed by atoms with E-state index in [1.807, 2.05) is 0 Å². The highest BCUT2D eigenvalue weighted by atomic mass is 35.5. The summed E-state index contributed by atoms with van der Waals surface area (Å²) >= 11 is 0. The van der Waals surface area contributed by atoms with Gasteiger partial charge < -0.3 is 10.1 Å². The smallest absolute Gasteiger partial charge is 0.193 e. The van der Waals surface area contributed by atoms with Crippen molar-refractivity contribution in [2.45, 2.75) is 0 Å². The maximum atomic E-state index is 13.2. The fourth-order valence-electron chi connectivity index (χ4n) is 2.51. The second kappa shape index (κ2) is 4.74. The predicted molar refractivity (Wildman–Crippen MR) is 60.2 cm³/mol. The zero-order valence-electron chi connectivity index (χ0n) is 9.03. The average Bonchev–Trinajstić information content (AvgIpc) is 2.72. The molecule has 1 aromatic rings. The van der Waals surface area contributed by atoms with E-state index in [1.54, 1.807) is 0 Å². The van der Waals surface area contributed by atoms with Gasteiger partial charge in [-0.05, 0) is 24.9 Å². The third-order valence-corrected chi connectivity index (χ3v) is 3.50. The van der Waals surface area contributed by atoms with Crippen molar-refractivity contribution in [3.8, 4) is 5.75 Å². The number of hydrogen-bond donors (Lipinski definition) is 1. The maximum absolute atomic E-state index is 13.2. The number of rotatable bonds is 3. The van der Waals surface area contributed by atoms with Crippen LogP contribution in [-0.4, -0.2) is 24.7 Å². The number of nitrogens with one attached hydrogen (secondary N) is 1. The van der Waals surface area contributed by atoms with Crippen molar-refractivity contribution in [2.75, 3.05) is 19.7 Å². The van der Waals surface area contributed by atoms with E-state index in [2.05, 4.69) is 10.3 Å². The van der Waals surface area contributed by atoms with Gasteiger partial charge in [-0.3, -0.25) is 4.98 Å². The van der Waals surface area contributed by atoms with Crippen molar-refractivity contribution in [1.29, 1.82) is 0 Å². The van der Waals surface area contributed by atoms with Gasteiger partial charge in [-0.25, -0.2) is 8.78 Å². The Bertz CT molecular complexity index is 388. The quantitative estimate of drug-likeness (QED) is 0.899. The van der Waals surface area contributed by atoms with E-state index in [-0.39, 0.29) is 18.2 Å². The summed E-state index contributed by atoms with van der Waals surface area (Å²) in [7, 11) is 0. The SMILES string of the molecule is Cl.Fc1cncc(F)c1OCC1[C@H]2CNC[C@@H]12. The molecule has 2 aliphatic rings. The summed E-state index contributed by atoms with van der Waals surface area (Å²) in [5, 5.41) is 3.26. The van der Waals surface area contributed by atoms with Gasteiger partial charge in [0.05, 0.1) is 19.0 Å². The topological polar surface area (TPSA) is 34.1 Å². The van der Waals surface area contributed by atoms with Crippen LogP contribution in [0.25, 0.3) is 0 Å². The van der Waals surface area contributed by atoms with Gasteiger partial charge in [-0.2, -0.15) is 0 Å². The molecule has 1 saturated carbocycles. The van der Waals surface area contributed by atoms with Crippen molar-refractivity contribution in [2.24, 2.45) is 17.8 Å². The van der Waals surface area contributed by atoms with E-state index >= 15 is 0 Å². The monoisotopic (exact) mass is 262 g/mol. The Morgan fingerprint density at radius 1 is 1.24 bits per heavy atom. The molecule has 0 bridgehead atoms. The van der Waals surface area contributed by atoms with Crippen LogP contribution in [0.4, 0.5) is 8.78 Å². The van der Waals surface area contributed by atoms with Gasteiger partial charge in [0, 0.05) is 5.92 Å². The van der Waals surface area contributed by atoms with Gasteiger partial charge in [-0.1, -0.05) is 0 Å². The first kappa shape index (κ1) is 12.5. The Kier molecular flexibility index (Phi) is 3.49. The van der Waals surface area contributed by atoms with E-state index in [9.17, 15) is 8.78 Å². The van der Waals surface area contributed by atoms with Gasteiger partial charge in [0.25, 0.3) is 0 Å². The van der Waals surface area contributed by atoms with Crippen LogP contribution in [0.3, 0.4) is 0 Å².